The average Bonchev–Trinajstić information content (AvgIpc) is 3.38. The van der Waals surface area contributed by atoms with Gasteiger partial charge in [0.25, 0.3) is 0 Å². The molecule has 48 heavy (non-hydrogen) atoms. The van der Waals surface area contributed by atoms with Gasteiger partial charge in [-0.2, -0.15) is 26.3 Å². The third-order valence-corrected chi connectivity index (χ3v) is 8.95. The standard InChI is InChI=1S/C33H39F6N3O6/c1-19(2)27(40)28(44)47-21(4)48-29(45)42-17-30(11-10-26(43)41-30)12-13-31(42,23-8-6-5-7-9-23)18-46-20(3)22-14-24(32(34,35)36)16-25(15-22)33(37,38)39/h5-9,14-16,19-21,27H,10-13,17-18,40H2,1-4H3,(H,41,43)/t20-,21?,27+,30-,31-/m1/s1. The van der Waals surface area contributed by atoms with Gasteiger partial charge in [-0.15, -0.1) is 0 Å². The number of hydrogen-bond donors (Lipinski definition) is 2. The van der Waals surface area contributed by atoms with Gasteiger partial charge in [-0.3, -0.25) is 14.5 Å². The van der Waals surface area contributed by atoms with Crippen LogP contribution in [0, 0.1) is 5.92 Å². The Bertz CT molecular complexity index is 1450. The number of piperidine rings is 1. The summed E-state index contributed by atoms with van der Waals surface area (Å²) in [6.45, 7) is 5.63. The first-order valence-electron chi connectivity index (χ1n) is 15.5. The molecular weight excluding hydrogens is 648 g/mol. The summed E-state index contributed by atoms with van der Waals surface area (Å²) in [5.41, 5.74) is 0.880. The van der Waals surface area contributed by atoms with E-state index in [-0.39, 0.29) is 49.4 Å². The molecule has 1 unspecified atom stereocenters. The molecule has 4 rings (SSSR count). The highest BCUT2D eigenvalue weighted by atomic mass is 19.4. The molecule has 0 aromatic heterocycles. The molecule has 2 aromatic rings. The third-order valence-electron chi connectivity index (χ3n) is 8.95. The molecule has 2 heterocycles. The maximum atomic E-state index is 14.0. The van der Waals surface area contributed by atoms with Gasteiger partial charge in [0.15, 0.2) is 0 Å². The zero-order valence-electron chi connectivity index (χ0n) is 26.9. The van der Waals surface area contributed by atoms with E-state index in [1.165, 1.54) is 18.7 Å². The molecule has 9 nitrogen and oxygen atoms in total. The van der Waals surface area contributed by atoms with E-state index in [4.69, 9.17) is 19.9 Å². The zero-order valence-corrected chi connectivity index (χ0v) is 26.9. The number of amides is 2. The number of alkyl halides is 6. The van der Waals surface area contributed by atoms with Crippen molar-refractivity contribution in [2.45, 2.75) is 95.2 Å². The Kier molecular flexibility index (Phi) is 10.7. The van der Waals surface area contributed by atoms with Gasteiger partial charge in [-0.05, 0) is 61.4 Å². The molecule has 0 bridgehead atoms. The first-order valence-corrected chi connectivity index (χ1v) is 15.5. The molecule has 3 N–H and O–H groups in total. The number of hydrogen-bond acceptors (Lipinski definition) is 7. The van der Waals surface area contributed by atoms with Gasteiger partial charge in [0, 0.05) is 19.9 Å². The molecule has 0 aliphatic carbocycles. The van der Waals surface area contributed by atoms with Crippen molar-refractivity contribution in [3.8, 4) is 0 Å². The fraction of sp³-hybridized carbons (Fsp3) is 0.545. The van der Waals surface area contributed by atoms with E-state index < -0.39 is 65.1 Å². The van der Waals surface area contributed by atoms with Crippen LogP contribution in [0.3, 0.4) is 0 Å². The van der Waals surface area contributed by atoms with Gasteiger partial charge >= 0.3 is 24.4 Å². The van der Waals surface area contributed by atoms with Crippen LogP contribution in [-0.2, 0) is 41.7 Å². The van der Waals surface area contributed by atoms with Gasteiger partial charge in [0.2, 0.25) is 12.2 Å². The smallest absolute Gasteiger partial charge is 0.416 e. The lowest BCUT2D eigenvalue weighted by atomic mass is 9.74. The van der Waals surface area contributed by atoms with Gasteiger partial charge in [0.1, 0.15) is 6.04 Å². The van der Waals surface area contributed by atoms with Crippen molar-refractivity contribution in [3.63, 3.8) is 0 Å². The number of benzene rings is 2. The van der Waals surface area contributed by atoms with E-state index >= 15 is 0 Å². The minimum absolute atomic E-state index is 0.0396. The number of carbonyl (C=O) groups is 3. The lowest BCUT2D eigenvalue weighted by molar-refractivity contribution is -0.171. The van der Waals surface area contributed by atoms with E-state index in [1.807, 2.05) is 0 Å². The number of halogens is 6. The highest BCUT2D eigenvalue weighted by Gasteiger charge is 2.54. The van der Waals surface area contributed by atoms with Gasteiger partial charge in [-0.25, -0.2) is 4.79 Å². The van der Waals surface area contributed by atoms with E-state index in [0.29, 0.717) is 30.5 Å². The highest BCUT2D eigenvalue weighted by Crippen LogP contribution is 2.46. The summed E-state index contributed by atoms with van der Waals surface area (Å²) in [6.07, 6.45) is -12.6. The number of nitrogens with one attached hydrogen (secondary N) is 1. The summed E-state index contributed by atoms with van der Waals surface area (Å²) in [4.78, 5) is 40.1. The molecule has 1 spiro atoms. The SMILES string of the molecule is CC(OC(=O)[C@@H](N)C(C)C)OC(=O)N1C[C@@]2(CCC(=O)N2)CC[C@@]1(CO[C@H](C)c1cc(C(F)(F)F)cc(C(F)(F)F)c1)c1ccccc1. The number of nitrogens with zero attached hydrogens (tertiary/aromatic N) is 1. The minimum atomic E-state index is -5.05. The Balaban J connectivity index is 1.70. The van der Waals surface area contributed by atoms with E-state index in [0.717, 1.165) is 0 Å². The Morgan fingerprint density at radius 3 is 2.04 bits per heavy atom. The maximum Gasteiger partial charge on any atom is 0.416 e. The van der Waals surface area contributed by atoms with Gasteiger partial charge in [0.05, 0.1) is 34.9 Å². The lowest BCUT2D eigenvalue weighted by Gasteiger charge is -2.52. The van der Waals surface area contributed by atoms with Crippen LogP contribution in [0.4, 0.5) is 31.1 Å². The second-order valence-electron chi connectivity index (χ2n) is 12.8. The van der Waals surface area contributed by atoms with Crippen LogP contribution in [0.1, 0.15) is 81.7 Å². The molecule has 0 radical (unpaired) electrons. The molecular formula is C33H39F6N3O6. The van der Waals surface area contributed by atoms with E-state index in [2.05, 4.69) is 5.32 Å². The first kappa shape index (κ1) is 37.0. The molecule has 2 aromatic carbocycles. The maximum absolute atomic E-state index is 14.0. The Labute approximate surface area is 274 Å². The molecule has 2 saturated heterocycles. The first-order chi connectivity index (χ1) is 22.3. The van der Waals surface area contributed by atoms with Crippen LogP contribution < -0.4 is 11.1 Å². The largest absolute Gasteiger partial charge is 0.424 e. The topological polar surface area (TPSA) is 120 Å². The predicted molar refractivity (Wildman–Crippen MR) is 160 cm³/mol. The third kappa shape index (κ3) is 8.23. The fourth-order valence-electron chi connectivity index (χ4n) is 6.03. The minimum Gasteiger partial charge on any atom is -0.424 e. The lowest BCUT2D eigenvalue weighted by Crippen LogP contribution is -2.65. The van der Waals surface area contributed by atoms with Gasteiger partial charge in [-0.1, -0.05) is 44.2 Å². The van der Waals surface area contributed by atoms with Crippen molar-refractivity contribution in [1.82, 2.24) is 10.2 Å². The molecule has 2 amide bonds. The zero-order chi connectivity index (χ0) is 35.7. The fourth-order valence-corrected chi connectivity index (χ4v) is 6.03. The van der Waals surface area contributed by atoms with E-state index in [1.54, 1.807) is 44.2 Å². The number of rotatable bonds is 9. The molecule has 0 saturated carbocycles. The summed E-state index contributed by atoms with van der Waals surface area (Å²) in [7, 11) is 0. The summed E-state index contributed by atoms with van der Waals surface area (Å²) in [5, 5.41) is 2.94. The summed E-state index contributed by atoms with van der Waals surface area (Å²) in [5.74, 6) is -1.27. The number of nitrogens with two attached hydrogens (primary N) is 1. The van der Waals surface area contributed by atoms with Crippen molar-refractivity contribution in [2.24, 2.45) is 11.7 Å². The monoisotopic (exact) mass is 687 g/mol. The Morgan fingerprint density at radius 1 is 0.917 bits per heavy atom. The number of likely N-dealkylation sites (tertiary alicyclic amines) is 1. The molecule has 2 aliphatic rings. The number of carbonyl (C=O) groups excluding carboxylic acids is 3. The predicted octanol–water partition coefficient (Wildman–Crippen LogP) is 6.45. The van der Waals surface area contributed by atoms with Crippen molar-refractivity contribution in [1.29, 1.82) is 0 Å². The van der Waals surface area contributed by atoms with Crippen LogP contribution in [0.15, 0.2) is 48.5 Å². The van der Waals surface area contributed by atoms with Crippen molar-refractivity contribution in [3.05, 3.63) is 70.8 Å². The van der Waals surface area contributed by atoms with Crippen molar-refractivity contribution < 1.29 is 54.9 Å². The highest BCUT2D eigenvalue weighted by molar-refractivity contribution is 5.80. The Morgan fingerprint density at radius 2 is 1.52 bits per heavy atom. The van der Waals surface area contributed by atoms with Crippen LogP contribution in [0.5, 0.6) is 0 Å². The molecule has 264 valence electrons. The second kappa shape index (κ2) is 13.9. The van der Waals surface area contributed by atoms with Crippen LogP contribution in [0.25, 0.3) is 0 Å². The van der Waals surface area contributed by atoms with Gasteiger partial charge < -0.3 is 25.3 Å². The summed E-state index contributed by atoms with van der Waals surface area (Å²) in [6, 6.07) is 8.80. The molecule has 5 atom stereocenters. The van der Waals surface area contributed by atoms with Crippen molar-refractivity contribution >= 4 is 18.0 Å². The quantitative estimate of drug-likeness (QED) is 0.177. The Hall–Kier alpha value is -3.85. The van der Waals surface area contributed by atoms with Crippen LogP contribution in [-0.4, -0.2) is 53.9 Å². The van der Waals surface area contributed by atoms with Crippen LogP contribution in [0.2, 0.25) is 0 Å². The molecule has 2 fully saturated rings. The summed E-state index contributed by atoms with van der Waals surface area (Å²) < 4.78 is 98.5. The second-order valence-corrected chi connectivity index (χ2v) is 12.8. The van der Waals surface area contributed by atoms with Crippen LogP contribution >= 0.6 is 0 Å². The van der Waals surface area contributed by atoms with Crippen molar-refractivity contribution in [2.75, 3.05) is 13.2 Å². The normalized spacial score (nSPS) is 23.5. The molecule has 2 aliphatic heterocycles. The number of ether oxygens (including phenoxy) is 3. The average molecular weight is 688 g/mol. The summed E-state index contributed by atoms with van der Waals surface area (Å²) >= 11 is 0. The molecule has 15 heteroatoms. The van der Waals surface area contributed by atoms with E-state index in [9.17, 15) is 40.7 Å². The number of esters is 1.